The Balaban J connectivity index is 1.01. The van der Waals surface area contributed by atoms with Crippen LogP contribution in [0, 0.1) is 0 Å². The number of hydrogen-bond donors (Lipinski definition) is 0. The quantitative estimate of drug-likeness (QED) is 0.174. The average molecular weight is 792 g/mol. The Hall–Kier alpha value is -8.41. The number of aromatic nitrogens is 3. The van der Waals surface area contributed by atoms with E-state index in [0.717, 1.165) is 88.0 Å². The van der Waals surface area contributed by atoms with E-state index in [1.54, 1.807) is 0 Å². The van der Waals surface area contributed by atoms with E-state index in [1.807, 2.05) is 24.3 Å². The highest BCUT2D eigenvalue weighted by Gasteiger charge is 2.21. The first kappa shape index (κ1) is 34.5. The third kappa shape index (κ3) is 5.45. The summed E-state index contributed by atoms with van der Waals surface area (Å²) in [5.41, 5.74) is 10.4. The average Bonchev–Trinajstić information content (AvgIpc) is 3.91. The normalized spacial score (nSPS) is 11.9. The Kier molecular flexibility index (Phi) is 7.54. The topological polar surface area (TPSA) is 65.0 Å². The van der Waals surface area contributed by atoms with E-state index in [9.17, 15) is 0 Å². The molecule has 0 bridgehead atoms. The number of furan rings is 2. The second kappa shape index (κ2) is 13.6. The molecular formula is C57H33N3O2. The van der Waals surface area contributed by atoms with Gasteiger partial charge in [-0.2, -0.15) is 0 Å². The molecule has 0 aliphatic carbocycles. The van der Waals surface area contributed by atoms with Gasteiger partial charge in [0.25, 0.3) is 0 Å². The smallest absolute Gasteiger partial charge is 0.164 e. The minimum atomic E-state index is 0.559. The molecule has 0 unspecified atom stereocenters. The summed E-state index contributed by atoms with van der Waals surface area (Å²) in [6.07, 6.45) is 0. The Labute approximate surface area is 355 Å². The van der Waals surface area contributed by atoms with Crippen LogP contribution in [0.5, 0.6) is 0 Å². The summed E-state index contributed by atoms with van der Waals surface area (Å²) >= 11 is 0. The number of rotatable bonds is 5. The van der Waals surface area contributed by atoms with Crippen LogP contribution in [-0.2, 0) is 0 Å². The molecule has 13 aromatic rings. The highest BCUT2D eigenvalue weighted by Crippen LogP contribution is 2.42. The molecule has 5 nitrogen and oxygen atoms in total. The zero-order valence-electron chi connectivity index (χ0n) is 33.2. The van der Waals surface area contributed by atoms with Gasteiger partial charge in [-0.15, -0.1) is 0 Å². The van der Waals surface area contributed by atoms with Crippen LogP contribution < -0.4 is 0 Å². The van der Waals surface area contributed by atoms with Gasteiger partial charge in [0.1, 0.15) is 22.3 Å². The molecule has 0 atom stereocenters. The van der Waals surface area contributed by atoms with Crippen LogP contribution in [0.25, 0.3) is 133 Å². The van der Waals surface area contributed by atoms with Gasteiger partial charge >= 0.3 is 0 Å². The highest BCUT2D eigenvalue weighted by molar-refractivity contribution is 6.22. The summed E-state index contributed by atoms with van der Waals surface area (Å²) in [6, 6.07) is 69.9. The van der Waals surface area contributed by atoms with Gasteiger partial charge < -0.3 is 8.83 Å². The van der Waals surface area contributed by atoms with E-state index in [0.29, 0.717) is 17.5 Å². The fraction of sp³-hybridized carbons (Fsp3) is 0. The van der Waals surface area contributed by atoms with Crippen LogP contribution in [-0.4, -0.2) is 15.0 Å². The van der Waals surface area contributed by atoms with Crippen LogP contribution >= 0.6 is 0 Å². The second-order valence-electron chi connectivity index (χ2n) is 15.9. The van der Waals surface area contributed by atoms with Crippen LogP contribution in [0.3, 0.4) is 0 Å². The molecule has 0 aliphatic rings. The largest absolute Gasteiger partial charge is 0.456 e. The van der Waals surface area contributed by atoms with Gasteiger partial charge in [-0.05, 0) is 91.0 Å². The molecule has 288 valence electrons. The standard InChI is InChI=1S/C57H33N3O2/c1-2-13-38-31-39(28-23-34(38)11-1)40-29-30-46-51(32-40)62-50-22-10-20-47(54(46)50)56-58-55(37-26-24-36(25-27-37)42-19-9-14-35-12-3-4-15-41(35)42)59-57(60-56)48-33-52-53(44-17-6-5-16-43(44)48)45-18-7-8-21-49(45)61-52/h1-33H. The number of nitrogens with zero attached hydrogens (tertiary/aromatic N) is 3. The van der Waals surface area contributed by atoms with Crippen LogP contribution in [0.2, 0.25) is 0 Å². The highest BCUT2D eigenvalue weighted by atomic mass is 16.3. The van der Waals surface area contributed by atoms with E-state index >= 15 is 0 Å². The van der Waals surface area contributed by atoms with Gasteiger partial charge in [0, 0.05) is 38.2 Å². The van der Waals surface area contributed by atoms with E-state index in [1.165, 1.54) is 27.1 Å². The maximum absolute atomic E-state index is 6.63. The number of fused-ring (bicyclic) bond motifs is 10. The van der Waals surface area contributed by atoms with E-state index in [4.69, 9.17) is 23.8 Å². The molecule has 13 rings (SSSR count). The minimum Gasteiger partial charge on any atom is -0.456 e. The van der Waals surface area contributed by atoms with Crippen molar-refractivity contribution in [2.75, 3.05) is 0 Å². The van der Waals surface area contributed by atoms with Gasteiger partial charge in [0.15, 0.2) is 17.5 Å². The fourth-order valence-electron chi connectivity index (χ4n) is 9.36. The van der Waals surface area contributed by atoms with Crippen molar-refractivity contribution >= 4 is 76.2 Å². The molecule has 0 aliphatic heterocycles. The van der Waals surface area contributed by atoms with Crippen molar-refractivity contribution in [2.24, 2.45) is 0 Å². The molecule has 10 aromatic carbocycles. The Morgan fingerprint density at radius 1 is 0.258 bits per heavy atom. The molecule has 3 heterocycles. The van der Waals surface area contributed by atoms with Gasteiger partial charge in [-0.1, -0.05) is 164 Å². The molecule has 0 radical (unpaired) electrons. The van der Waals surface area contributed by atoms with Crippen molar-refractivity contribution < 1.29 is 8.83 Å². The van der Waals surface area contributed by atoms with E-state index in [-0.39, 0.29) is 0 Å². The molecule has 0 N–H and O–H groups in total. The lowest BCUT2D eigenvalue weighted by molar-refractivity contribution is 0.669. The fourth-order valence-corrected chi connectivity index (χ4v) is 9.36. The zero-order chi connectivity index (χ0) is 40.7. The minimum absolute atomic E-state index is 0.559. The lowest BCUT2D eigenvalue weighted by Gasteiger charge is -2.12. The number of para-hydroxylation sites is 1. The third-order valence-electron chi connectivity index (χ3n) is 12.3. The van der Waals surface area contributed by atoms with Crippen molar-refractivity contribution in [1.29, 1.82) is 0 Å². The third-order valence-corrected chi connectivity index (χ3v) is 12.3. The summed E-state index contributed by atoms with van der Waals surface area (Å²) in [6.45, 7) is 0. The van der Waals surface area contributed by atoms with Crippen molar-refractivity contribution in [1.82, 2.24) is 15.0 Å². The molecule has 0 fully saturated rings. The molecule has 0 saturated carbocycles. The summed E-state index contributed by atoms with van der Waals surface area (Å²) < 4.78 is 13.1. The number of hydrogen-bond acceptors (Lipinski definition) is 5. The Morgan fingerprint density at radius 2 is 0.823 bits per heavy atom. The van der Waals surface area contributed by atoms with Gasteiger partial charge in [0.05, 0.1) is 0 Å². The first-order valence-electron chi connectivity index (χ1n) is 20.8. The molecule has 62 heavy (non-hydrogen) atoms. The van der Waals surface area contributed by atoms with Gasteiger partial charge in [-0.25, -0.2) is 15.0 Å². The molecule has 5 heteroatoms. The summed E-state index contributed by atoms with van der Waals surface area (Å²) in [5.74, 6) is 1.69. The maximum atomic E-state index is 6.63. The molecule has 0 amide bonds. The van der Waals surface area contributed by atoms with Crippen molar-refractivity contribution in [3.05, 3.63) is 200 Å². The first-order chi connectivity index (χ1) is 30.7. The van der Waals surface area contributed by atoms with Crippen LogP contribution in [0.1, 0.15) is 0 Å². The molecule has 3 aromatic heterocycles. The predicted octanol–water partition coefficient (Wildman–Crippen LogP) is 15.5. The molecule has 0 spiro atoms. The first-order valence-corrected chi connectivity index (χ1v) is 20.8. The summed E-state index contributed by atoms with van der Waals surface area (Å²) in [4.78, 5) is 15.9. The Morgan fingerprint density at radius 3 is 1.69 bits per heavy atom. The SMILES string of the molecule is c1ccc2cc(-c3ccc4c(c3)oc3cccc(-c5nc(-c6ccc(-c7cccc8ccccc78)cc6)nc(-c6cc7oc8ccccc8c7c7ccccc67)n5)c34)ccc2c1. The van der Waals surface area contributed by atoms with Crippen molar-refractivity contribution in [2.45, 2.75) is 0 Å². The molecular weight excluding hydrogens is 759 g/mol. The van der Waals surface area contributed by atoms with Crippen molar-refractivity contribution in [3.8, 4) is 56.4 Å². The second-order valence-corrected chi connectivity index (χ2v) is 15.9. The maximum Gasteiger partial charge on any atom is 0.164 e. The lowest BCUT2D eigenvalue weighted by Crippen LogP contribution is -2.01. The van der Waals surface area contributed by atoms with Crippen molar-refractivity contribution in [3.63, 3.8) is 0 Å². The zero-order valence-corrected chi connectivity index (χ0v) is 33.2. The lowest BCUT2D eigenvalue weighted by atomic mass is 9.97. The number of benzene rings is 10. The van der Waals surface area contributed by atoms with Gasteiger partial charge in [0.2, 0.25) is 0 Å². The predicted molar refractivity (Wildman–Crippen MR) is 254 cm³/mol. The Bertz CT molecular complexity index is 3930. The monoisotopic (exact) mass is 791 g/mol. The molecule has 0 saturated heterocycles. The van der Waals surface area contributed by atoms with E-state index < -0.39 is 0 Å². The van der Waals surface area contributed by atoms with Crippen LogP contribution in [0.15, 0.2) is 209 Å². The van der Waals surface area contributed by atoms with E-state index in [2.05, 4.69) is 176 Å². The summed E-state index contributed by atoms with van der Waals surface area (Å²) in [7, 11) is 0. The summed E-state index contributed by atoms with van der Waals surface area (Å²) in [5, 5.41) is 11.1. The van der Waals surface area contributed by atoms with Gasteiger partial charge in [-0.3, -0.25) is 0 Å². The van der Waals surface area contributed by atoms with Crippen LogP contribution in [0.4, 0.5) is 0 Å².